The number of carbonyl (C=O) groups is 3. The molecule has 1 fully saturated rings. The van der Waals surface area contributed by atoms with Gasteiger partial charge in [0.05, 0.1) is 19.4 Å². The summed E-state index contributed by atoms with van der Waals surface area (Å²) >= 11 is 0. The van der Waals surface area contributed by atoms with Crippen molar-refractivity contribution in [3.05, 3.63) is 53.7 Å². The van der Waals surface area contributed by atoms with E-state index in [1.165, 1.54) is 5.56 Å². The summed E-state index contributed by atoms with van der Waals surface area (Å²) in [5.41, 5.74) is 2.55. The molecule has 0 bridgehead atoms. The number of carbonyl (C=O) groups excluding carboxylic acids is 1. The highest BCUT2D eigenvalue weighted by Crippen LogP contribution is 2.17. The number of alkyl halides is 6. The Balaban J connectivity index is 0.000000503. The van der Waals surface area contributed by atoms with Crippen LogP contribution >= 0.6 is 0 Å². The maximum Gasteiger partial charge on any atom is 0.490 e. The first kappa shape index (κ1) is 34.6. The molecule has 41 heavy (non-hydrogen) atoms. The number of ether oxygens (including phenoxy) is 1. The van der Waals surface area contributed by atoms with Crippen LogP contribution in [-0.4, -0.2) is 82.3 Å². The number of nitrogens with one attached hydrogen (secondary N) is 1. The highest BCUT2D eigenvalue weighted by Gasteiger charge is 2.38. The van der Waals surface area contributed by atoms with Gasteiger partial charge in [0, 0.05) is 18.7 Å². The molecule has 3 aromatic rings. The second kappa shape index (κ2) is 17.3. The van der Waals surface area contributed by atoms with E-state index in [-0.39, 0.29) is 12.4 Å². The topological polar surface area (TPSA) is 146 Å². The van der Waals surface area contributed by atoms with E-state index in [4.69, 9.17) is 24.5 Å². The van der Waals surface area contributed by atoms with Gasteiger partial charge in [0.25, 0.3) is 12.4 Å². The summed E-state index contributed by atoms with van der Waals surface area (Å²) in [5, 5.41) is 21.5. The quantitative estimate of drug-likeness (QED) is 0.291. The minimum absolute atomic E-state index is 0.171. The number of halogens is 6. The Bertz CT molecular complexity index is 1230. The number of carboxylic acid groups (broad SMARTS) is 2. The van der Waals surface area contributed by atoms with Gasteiger partial charge in [-0.3, -0.25) is 9.59 Å². The van der Waals surface area contributed by atoms with E-state index >= 15 is 0 Å². The van der Waals surface area contributed by atoms with Crippen molar-refractivity contribution < 1.29 is 55.7 Å². The van der Waals surface area contributed by atoms with Crippen LogP contribution in [0.3, 0.4) is 0 Å². The zero-order valence-corrected chi connectivity index (χ0v) is 21.5. The largest absolute Gasteiger partial charge is 0.490 e. The molecular formula is C24H27F6N5O6. The molecule has 1 aromatic carbocycles. The third-order valence-corrected chi connectivity index (χ3v) is 4.88. The van der Waals surface area contributed by atoms with E-state index in [1.54, 1.807) is 10.7 Å². The van der Waals surface area contributed by atoms with Gasteiger partial charge >= 0.3 is 18.8 Å². The molecule has 0 saturated carbocycles. The standard InChI is InChI=1S/C20H23N5O2.C2HF3O2.CHF3.CH2O2/c1-2-3-15-4-6-16(7-5-15)20(26)22-17-14-25-18(21-17)8-9-19(23-25)24-10-12-27-13-11-24;3-2(4,5)1(6)7;2-1(3)4;2-1-3/h4-9,14H,2-3,10-13H2,1H3,(H,22,26);(H,6,7);1H;1H,(H,2,3). The van der Waals surface area contributed by atoms with Crippen LogP contribution in [0.1, 0.15) is 29.3 Å². The molecule has 4 rings (SSSR count). The number of anilines is 2. The lowest BCUT2D eigenvalue weighted by Gasteiger charge is -2.27. The predicted molar refractivity (Wildman–Crippen MR) is 134 cm³/mol. The van der Waals surface area contributed by atoms with Crippen LogP contribution in [0.5, 0.6) is 0 Å². The first-order valence-corrected chi connectivity index (χ1v) is 11.7. The van der Waals surface area contributed by atoms with Gasteiger partial charge in [0.15, 0.2) is 11.5 Å². The smallest absolute Gasteiger partial charge is 0.483 e. The molecular weight excluding hydrogens is 568 g/mol. The molecule has 1 aliphatic rings. The van der Waals surface area contributed by atoms with Gasteiger partial charge in [-0.15, -0.1) is 5.10 Å². The van der Waals surface area contributed by atoms with Crippen LogP contribution in [0.2, 0.25) is 0 Å². The number of imidazole rings is 1. The number of benzene rings is 1. The highest BCUT2D eigenvalue weighted by molar-refractivity contribution is 6.03. The fraction of sp³-hybridized carbons (Fsp3) is 0.375. The van der Waals surface area contributed by atoms with Crippen molar-refractivity contribution in [1.29, 1.82) is 0 Å². The molecule has 0 unspecified atom stereocenters. The van der Waals surface area contributed by atoms with Crippen LogP contribution in [0.25, 0.3) is 5.65 Å². The van der Waals surface area contributed by atoms with Crippen molar-refractivity contribution in [3.8, 4) is 0 Å². The lowest BCUT2D eigenvalue weighted by atomic mass is 10.1. The Hall–Kier alpha value is -4.41. The van der Waals surface area contributed by atoms with Gasteiger partial charge in [-0.25, -0.2) is 14.3 Å². The number of rotatable bonds is 5. The van der Waals surface area contributed by atoms with Gasteiger partial charge in [-0.05, 0) is 36.2 Å². The molecule has 17 heteroatoms. The second-order valence-corrected chi connectivity index (χ2v) is 7.78. The zero-order chi connectivity index (χ0) is 31.0. The first-order valence-electron chi connectivity index (χ1n) is 11.7. The zero-order valence-electron chi connectivity index (χ0n) is 21.5. The number of hydrogen-bond donors (Lipinski definition) is 3. The van der Waals surface area contributed by atoms with Crippen LogP contribution in [0.15, 0.2) is 42.6 Å². The van der Waals surface area contributed by atoms with Crippen LogP contribution in [0.4, 0.5) is 38.0 Å². The molecule has 0 aliphatic carbocycles. The number of aliphatic carboxylic acids is 1. The normalized spacial score (nSPS) is 12.6. The molecule has 3 N–H and O–H groups in total. The van der Waals surface area contributed by atoms with Crippen LogP contribution in [-0.2, 0) is 20.7 Å². The Morgan fingerprint density at radius 3 is 2.12 bits per heavy atom. The Morgan fingerprint density at radius 2 is 1.63 bits per heavy atom. The van der Waals surface area contributed by atoms with Crippen molar-refractivity contribution in [1.82, 2.24) is 14.6 Å². The maximum atomic E-state index is 12.5. The third-order valence-electron chi connectivity index (χ3n) is 4.88. The molecule has 1 amide bonds. The Morgan fingerprint density at radius 1 is 1.10 bits per heavy atom. The van der Waals surface area contributed by atoms with Crippen molar-refractivity contribution in [3.63, 3.8) is 0 Å². The third kappa shape index (κ3) is 13.0. The number of aryl methyl sites for hydroxylation is 1. The van der Waals surface area contributed by atoms with Crippen molar-refractivity contribution >= 4 is 35.6 Å². The minimum atomic E-state index is -5.08. The Labute approximate surface area is 229 Å². The van der Waals surface area contributed by atoms with Gasteiger partial charge in [0.2, 0.25) is 0 Å². The SMILES string of the molecule is CCCc1ccc(C(=O)Nc2cn3nc(N4CCOCC4)ccc3n2)cc1.FC(F)F.O=C(O)C(F)(F)F.O=CO. The number of morpholine rings is 1. The molecule has 0 atom stereocenters. The lowest BCUT2D eigenvalue weighted by Crippen LogP contribution is -2.36. The summed E-state index contributed by atoms with van der Waals surface area (Å²) in [6.07, 6.45) is -1.24. The summed E-state index contributed by atoms with van der Waals surface area (Å²) in [6.45, 7) is 1.29. The van der Waals surface area contributed by atoms with Crippen molar-refractivity contribution in [2.45, 2.75) is 32.6 Å². The van der Waals surface area contributed by atoms with E-state index in [0.29, 0.717) is 30.2 Å². The van der Waals surface area contributed by atoms with E-state index in [0.717, 1.165) is 31.7 Å². The average Bonchev–Trinajstić information content (AvgIpc) is 3.31. The Kier molecular flexibility index (Phi) is 14.6. The molecule has 3 heterocycles. The van der Waals surface area contributed by atoms with Crippen molar-refractivity contribution in [2.75, 3.05) is 36.5 Å². The van der Waals surface area contributed by atoms with Gasteiger partial charge in [-0.2, -0.15) is 26.3 Å². The molecule has 11 nitrogen and oxygen atoms in total. The lowest BCUT2D eigenvalue weighted by molar-refractivity contribution is -0.192. The summed E-state index contributed by atoms with van der Waals surface area (Å²) in [7, 11) is 0. The van der Waals surface area contributed by atoms with Gasteiger partial charge in [0.1, 0.15) is 5.82 Å². The van der Waals surface area contributed by atoms with E-state index < -0.39 is 18.8 Å². The highest BCUT2D eigenvalue weighted by atomic mass is 19.4. The van der Waals surface area contributed by atoms with Gasteiger partial charge in [-0.1, -0.05) is 25.5 Å². The second-order valence-electron chi connectivity index (χ2n) is 7.78. The summed E-state index contributed by atoms with van der Waals surface area (Å²) in [4.78, 5) is 36.3. The summed E-state index contributed by atoms with van der Waals surface area (Å²) in [5.74, 6) is -1.56. The van der Waals surface area contributed by atoms with Gasteiger partial charge < -0.3 is 25.2 Å². The molecule has 0 radical (unpaired) electrons. The first-order chi connectivity index (χ1) is 19.3. The van der Waals surface area contributed by atoms with Crippen molar-refractivity contribution in [2.24, 2.45) is 0 Å². The number of fused-ring (bicyclic) bond motifs is 1. The monoisotopic (exact) mass is 595 g/mol. The molecule has 0 spiro atoms. The van der Waals surface area contributed by atoms with E-state index in [9.17, 15) is 31.1 Å². The molecule has 2 aromatic heterocycles. The summed E-state index contributed by atoms with van der Waals surface area (Å²) in [6, 6.07) is 11.6. The van der Waals surface area contributed by atoms with Crippen LogP contribution in [0, 0.1) is 0 Å². The predicted octanol–water partition coefficient (Wildman–Crippen LogP) is 4.28. The number of carboxylic acids is 1. The number of nitrogens with zero attached hydrogens (tertiary/aromatic N) is 4. The van der Waals surface area contributed by atoms with E-state index in [2.05, 4.69) is 27.2 Å². The maximum absolute atomic E-state index is 12.5. The average molecular weight is 595 g/mol. The fourth-order valence-electron chi connectivity index (χ4n) is 3.19. The molecule has 1 saturated heterocycles. The summed E-state index contributed by atoms with van der Waals surface area (Å²) < 4.78 is 67.8. The number of aromatic nitrogens is 3. The minimum Gasteiger partial charge on any atom is -0.483 e. The molecule has 1 aliphatic heterocycles. The fourth-order valence-corrected chi connectivity index (χ4v) is 3.19. The number of hydrogen-bond acceptors (Lipinski definition) is 7. The van der Waals surface area contributed by atoms with E-state index in [1.807, 2.05) is 36.4 Å². The van der Waals surface area contributed by atoms with Crippen LogP contribution < -0.4 is 10.2 Å². The number of amides is 1. The molecule has 226 valence electrons.